The lowest BCUT2D eigenvalue weighted by Gasteiger charge is -2.17. The van der Waals surface area contributed by atoms with E-state index in [2.05, 4.69) is 22.6 Å². The minimum atomic E-state index is 0.0604. The average Bonchev–Trinajstić information content (AvgIpc) is 3.05. The van der Waals surface area contributed by atoms with E-state index in [1.807, 2.05) is 19.2 Å². The van der Waals surface area contributed by atoms with Crippen LogP contribution in [0.5, 0.6) is 0 Å². The molecule has 0 aliphatic heterocycles. The van der Waals surface area contributed by atoms with Gasteiger partial charge in [-0.15, -0.1) is 0 Å². The minimum absolute atomic E-state index is 0.0604. The summed E-state index contributed by atoms with van der Waals surface area (Å²) < 4.78 is 0.973. The van der Waals surface area contributed by atoms with Crippen molar-refractivity contribution in [3.05, 3.63) is 32.4 Å². The first kappa shape index (κ1) is 12.2. The van der Waals surface area contributed by atoms with E-state index in [4.69, 9.17) is 11.6 Å². The van der Waals surface area contributed by atoms with E-state index < -0.39 is 0 Å². The molecule has 0 bridgehead atoms. The van der Waals surface area contributed by atoms with Crippen molar-refractivity contribution in [3.8, 4) is 0 Å². The Kier molecular flexibility index (Phi) is 3.74. The summed E-state index contributed by atoms with van der Waals surface area (Å²) in [5.74, 6) is 0.776. The van der Waals surface area contributed by atoms with Gasteiger partial charge in [0.15, 0.2) is 0 Å². The summed E-state index contributed by atoms with van der Waals surface area (Å²) in [7, 11) is 1.85. The second-order valence-electron chi connectivity index (χ2n) is 4.26. The maximum absolute atomic E-state index is 12.0. The first-order chi connectivity index (χ1) is 7.58. The predicted molar refractivity (Wildman–Crippen MR) is 73.9 cm³/mol. The second kappa shape index (κ2) is 4.92. The lowest BCUT2D eigenvalue weighted by molar-refractivity contribution is 0.0788. The van der Waals surface area contributed by atoms with Gasteiger partial charge in [-0.1, -0.05) is 11.6 Å². The molecule has 2 nitrogen and oxygen atoms in total. The summed E-state index contributed by atoms with van der Waals surface area (Å²) in [4.78, 5) is 13.8. The third-order valence-electron chi connectivity index (χ3n) is 2.74. The number of nitrogens with zero attached hydrogens (tertiary/aromatic N) is 1. The van der Waals surface area contributed by atoms with Gasteiger partial charge in [0, 0.05) is 22.7 Å². The summed E-state index contributed by atoms with van der Waals surface area (Å²) in [5.41, 5.74) is 0.675. The molecule has 1 amide bonds. The van der Waals surface area contributed by atoms with Crippen molar-refractivity contribution in [2.24, 2.45) is 5.92 Å². The molecule has 4 heteroatoms. The number of hydrogen-bond donors (Lipinski definition) is 0. The maximum atomic E-state index is 12.0. The van der Waals surface area contributed by atoms with E-state index in [1.165, 1.54) is 12.8 Å². The van der Waals surface area contributed by atoms with Crippen molar-refractivity contribution in [2.75, 3.05) is 13.6 Å². The predicted octanol–water partition coefficient (Wildman–Crippen LogP) is 3.43. The Morgan fingerprint density at radius 2 is 2.25 bits per heavy atom. The Morgan fingerprint density at radius 3 is 2.81 bits per heavy atom. The minimum Gasteiger partial charge on any atom is -0.341 e. The zero-order valence-electron chi connectivity index (χ0n) is 9.04. The molecule has 0 atom stereocenters. The smallest absolute Gasteiger partial charge is 0.253 e. The first-order valence-electron chi connectivity index (χ1n) is 5.28. The molecule has 0 spiro atoms. The van der Waals surface area contributed by atoms with E-state index in [-0.39, 0.29) is 5.91 Å². The number of rotatable bonds is 3. The Hall–Kier alpha value is -0.290. The average molecular weight is 350 g/mol. The van der Waals surface area contributed by atoms with Crippen LogP contribution in [0.15, 0.2) is 18.2 Å². The molecular weight excluding hydrogens is 336 g/mol. The fraction of sp³-hybridized carbons (Fsp3) is 0.417. The molecular formula is C12H13ClINO. The van der Waals surface area contributed by atoms with Crippen LogP contribution in [0, 0.1) is 9.49 Å². The van der Waals surface area contributed by atoms with Gasteiger partial charge in [-0.3, -0.25) is 4.79 Å². The third kappa shape index (κ3) is 2.88. The number of halogens is 2. The van der Waals surface area contributed by atoms with Crippen molar-refractivity contribution in [2.45, 2.75) is 12.8 Å². The van der Waals surface area contributed by atoms with E-state index in [9.17, 15) is 4.79 Å². The number of carbonyl (C=O) groups is 1. The zero-order valence-corrected chi connectivity index (χ0v) is 12.0. The van der Waals surface area contributed by atoms with Gasteiger partial charge < -0.3 is 4.90 Å². The van der Waals surface area contributed by atoms with Crippen molar-refractivity contribution in [3.63, 3.8) is 0 Å². The van der Waals surface area contributed by atoms with Crippen molar-refractivity contribution >= 4 is 40.1 Å². The highest BCUT2D eigenvalue weighted by Gasteiger charge is 2.25. The van der Waals surface area contributed by atoms with Crippen LogP contribution in [-0.2, 0) is 0 Å². The van der Waals surface area contributed by atoms with Gasteiger partial charge in [0.05, 0.1) is 5.02 Å². The van der Waals surface area contributed by atoms with Crippen LogP contribution in [0.1, 0.15) is 23.2 Å². The molecule has 1 fully saturated rings. The summed E-state index contributed by atoms with van der Waals surface area (Å²) in [6.45, 7) is 0.864. The van der Waals surface area contributed by atoms with Gasteiger partial charge in [-0.05, 0) is 59.5 Å². The molecule has 0 radical (unpaired) electrons. The van der Waals surface area contributed by atoms with Crippen LogP contribution >= 0.6 is 34.2 Å². The SMILES string of the molecule is CN(CC1CC1)C(=O)c1ccc(I)c(Cl)c1. The largest absolute Gasteiger partial charge is 0.341 e. The van der Waals surface area contributed by atoms with Crippen molar-refractivity contribution < 1.29 is 4.79 Å². The number of hydrogen-bond acceptors (Lipinski definition) is 1. The molecule has 0 saturated heterocycles. The van der Waals surface area contributed by atoms with Crippen LogP contribution < -0.4 is 0 Å². The number of carbonyl (C=O) groups excluding carboxylic acids is 1. The van der Waals surface area contributed by atoms with Gasteiger partial charge in [0.1, 0.15) is 0 Å². The summed E-state index contributed by atoms with van der Waals surface area (Å²) in [6.07, 6.45) is 2.51. The molecule has 2 rings (SSSR count). The molecule has 1 aromatic rings. The summed E-state index contributed by atoms with van der Waals surface area (Å²) in [6, 6.07) is 5.45. The highest BCUT2D eigenvalue weighted by Crippen LogP contribution is 2.30. The Bertz CT molecular complexity index is 417. The summed E-state index contributed by atoms with van der Waals surface area (Å²) in [5, 5.41) is 0.645. The highest BCUT2D eigenvalue weighted by atomic mass is 127. The zero-order chi connectivity index (χ0) is 11.7. The fourth-order valence-electron chi connectivity index (χ4n) is 1.62. The lowest BCUT2D eigenvalue weighted by Crippen LogP contribution is -2.28. The molecule has 0 aromatic heterocycles. The van der Waals surface area contributed by atoms with E-state index in [1.54, 1.807) is 11.0 Å². The topological polar surface area (TPSA) is 20.3 Å². The molecule has 86 valence electrons. The summed E-state index contributed by atoms with van der Waals surface area (Å²) >= 11 is 8.16. The Balaban J connectivity index is 2.09. The van der Waals surface area contributed by atoms with Crippen molar-refractivity contribution in [1.82, 2.24) is 4.90 Å². The van der Waals surface area contributed by atoms with Gasteiger partial charge in [0.2, 0.25) is 0 Å². The molecule has 0 unspecified atom stereocenters. The standard InChI is InChI=1S/C12H13ClINO/c1-15(7-8-2-3-8)12(16)9-4-5-11(14)10(13)6-9/h4-6,8H,2-3,7H2,1H3. The molecule has 0 N–H and O–H groups in total. The van der Waals surface area contributed by atoms with Crippen LogP contribution in [0.25, 0.3) is 0 Å². The molecule has 1 saturated carbocycles. The van der Waals surface area contributed by atoms with E-state index >= 15 is 0 Å². The fourth-order valence-corrected chi connectivity index (χ4v) is 2.14. The highest BCUT2D eigenvalue weighted by molar-refractivity contribution is 14.1. The molecule has 1 aromatic carbocycles. The monoisotopic (exact) mass is 349 g/mol. The van der Waals surface area contributed by atoms with Crippen molar-refractivity contribution in [1.29, 1.82) is 0 Å². The molecule has 0 heterocycles. The molecule has 1 aliphatic carbocycles. The van der Waals surface area contributed by atoms with Gasteiger partial charge >= 0.3 is 0 Å². The second-order valence-corrected chi connectivity index (χ2v) is 5.83. The normalized spacial score (nSPS) is 14.9. The quantitative estimate of drug-likeness (QED) is 0.766. The Morgan fingerprint density at radius 1 is 1.56 bits per heavy atom. The van der Waals surface area contributed by atoms with Crippen LogP contribution in [-0.4, -0.2) is 24.4 Å². The van der Waals surface area contributed by atoms with Gasteiger partial charge in [0.25, 0.3) is 5.91 Å². The van der Waals surface area contributed by atoms with Crippen LogP contribution in [0.2, 0.25) is 5.02 Å². The van der Waals surface area contributed by atoms with Gasteiger partial charge in [-0.25, -0.2) is 0 Å². The van der Waals surface area contributed by atoms with Crippen LogP contribution in [0.4, 0.5) is 0 Å². The maximum Gasteiger partial charge on any atom is 0.253 e. The van der Waals surface area contributed by atoms with E-state index in [0.717, 1.165) is 10.1 Å². The molecule has 1 aliphatic rings. The third-order valence-corrected chi connectivity index (χ3v) is 4.31. The Labute approximate surface area is 114 Å². The number of amides is 1. The first-order valence-corrected chi connectivity index (χ1v) is 6.74. The van der Waals surface area contributed by atoms with Crippen LogP contribution in [0.3, 0.4) is 0 Å². The van der Waals surface area contributed by atoms with Gasteiger partial charge in [-0.2, -0.15) is 0 Å². The lowest BCUT2D eigenvalue weighted by atomic mass is 10.2. The number of benzene rings is 1. The van der Waals surface area contributed by atoms with E-state index in [0.29, 0.717) is 16.5 Å². The molecule has 16 heavy (non-hydrogen) atoms.